The van der Waals surface area contributed by atoms with Gasteiger partial charge in [0.2, 0.25) is 5.91 Å². The van der Waals surface area contributed by atoms with Crippen LogP contribution in [0, 0.1) is 5.92 Å². The van der Waals surface area contributed by atoms with Gasteiger partial charge in [0.15, 0.2) is 0 Å². The third-order valence-corrected chi connectivity index (χ3v) is 3.16. The number of carbonyl (C=O) groups is 1. The van der Waals surface area contributed by atoms with E-state index >= 15 is 0 Å². The van der Waals surface area contributed by atoms with Crippen molar-refractivity contribution >= 4 is 5.91 Å². The van der Waals surface area contributed by atoms with Gasteiger partial charge in [-0.15, -0.1) is 0 Å². The van der Waals surface area contributed by atoms with Gasteiger partial charge in [0.25, 0.3) is 0 Å². The Bertz CT molecular complexity index is 412. The molecule has 100 valence electrons. The molecule has 1 aromatic heterocycles. The second-order valence-electron chi connectivity index (χ2n) is 5.49. The Balaban J connectivity index is 1.88. The molecule has 4 nitrogen and oxygen atoms in total. The van der Waals surface area contributed by atoms with E-state index in [9.17, 15) is 4.79 Å². The van der Waals surface area contributed by atoms with Crippen LogP contribution in [-0.2, 0) is 17.9 Å². The molecule has 1 aromatic rings. The van der Waals surface area contributed by atoms with Gasteiger partial charge in [0.05, 0.1) is 13.1 Å². The van der Waals surface area contributed by atoms with Crippen LogP contribution in [0.2, 0.25) is 0 Å². The van der Waals surface area contributed by atoms with Crippen LogP contribution in [0.3, 0.4) is 0 Å². The number of furan rings is 1. The molecule has 1 atom stereocenters. The second kappa shape index (κ2) is 5.57. The molecule has 1 aliphatic rings. The predicted octanol–water partition coefficient (Wildman–Crippen LogP) is 2.15. The molecular formula is C14H22N2O2. The summed E-state index contributed by atoms with van der Waals surface area (Å²) in [5.41, 5.74) is 0. The van der Waals surface area contributed by atoms with Gasteiger partial charge < -0.3 is 14.6 Å². The number of likely N-dealkylation sites (tertiary alicyclic amines) is 1. The van der Waals surface area contributed by atoms with E-state index in [1.807, 2.05) is 17.0 Å². The number of nitrogens with one attached hydrogen (secondary N) is 1. The molecule has 0 bridgehead atoms. The van der Waals surface area contributed by atoms with Crippen molar-refractivity contribution in [3.63, 3.8) is 0 Å². The first-order valence-electron chi connectivity index (χ1n) is 6.63. The average molecular weight is 250 g/mol. The highest BCUT2D eigenvalue weighted by Gasteiger charge is 2.26. The Morgan fingerprint density at radius 1 is 1.44 bits per heavy atom. The summed E-state index contributed by atoms with van der Waals surface area (Å²) in [6.45, 7) is 8.51. The average Bonchev–Trinajstić information content (AvgIpc) is 2.84. The summed E-state index contributed by atoms with van der Waals surface area (Å²) in [5, 5.41) is 3.31. The van der Waals surface area contributed by atoms with Gasteiger partial charge in [-0.1, -0.05) is 20.8 Å². The molecule has 1 fully saturated rings. The molecule has 1 aliphatic heterocycles. The summed E-state index contributed by atoms with van der Waals surface area (Å²) >= 11 is 0. The molecule has 2 heterocycles. The molecule has 2 rings (SSSR count). The van der Waals surface area contributed by atoms with E-state index in [1.165, 1.54) is 0 Å². The molecule has 0 aromatic carbocycles. The SMILES string of the molecule is CC1CC(=O)N(Cc2ccc(CNC(C)C)o2)C1. The van der Waals surface area contributed by atoms with Crippen LogP contribution in [0.1, 0.15) is 38.7 Å². The zero-order valence-electron chi connectivity index (χ0n) is 11.4. The highest BCUT2D eigenvalue weighted by atomic mass is 16.3. The number of hydrogen-bond donors (Lipinski definition) is 1. The lowest BCUT2D eigenvalue weighted by molar-refractivity contribution is -0.128. The maximum Gasteiger partial charge on any atom is 0.223 e. The third kappa shape index (κ3) is 3.35. The molecular weight excluding hydrogens is 228 g/mol. The number of hydrogen-bond acceptors (Lipinski definition) is 3. The molecule has 0 aliphatic carbocycles. The van der Waals surface area contributed by atoms with Crippen LogP contribution < -0.4 is 5.32 Å². The smallest absolute Gasteiger partial charge is 0.223 e. The van der Waals surface area contributed by atoms with Crippen molar-refractivity contribution in [2.24, 2.45) is 5.92 Å². The van der Waals surface area contributed by atoms with Crippen molar-refractivity contribution in [3.8, 4) is 0 Å². The standard InChI is InChI=1S/C14H22N2O2/c1-10(2)15-7-12-4-5-13(18-12)9-16-8-11(3)6-14(16)17/h4-5,10-11,15H,6-9H2,1-3H3. The fourth-order valence-electron chi connectivity index (χ4n) is 2.22. The van der Waals surface area contributed by atoms with Crippen LogP contribution in [0.4, 0.5) is 0 Å². The number of amides is 1. The molecule has 4 heteroatoms. The molecule has 1 unspecified atom stereocenters. The van der Waals surface area contributed by atoms with E-state index in [1.54, 1.807) is 0 Å². The van der Waals surface area contributed by atoms with Gasteiger partial charge in [0.1, 0.15) is 11.5 Å². The van der Waals surface area contributed by atoms with E-state index in [0.717, 1.165) is 24.6 Å². The van der Waals surface area contributed by atoms with Crippen LogP contribution >= 0.6 is 0 Å². The highest BCUT2D eigenvalue weighted by Crippen LogP contribution is 2.20. The van der Waals surface area contributed by atoms with Gasteiger partial charge in [-0.2, -0.15) is 0 Å². The Morgan fingerprint density at radius 2 is 2.17 bits per heavy atom. The predicted molar refractivity (Wildman–Crippen MR) is 69.9 cm³/mol. The summed E-state index contributed by atoms with van der Waals surface area (Å²) in [7, 11) is 0. The zero-order valence-corrected chi connectivity index (χ0v) is 11.4. The normalized spacial score (nSPS) is 20.1. The molecule has 0 saturated carbocycles. The Kier molecular flexibility index (Phi) is 4.07. The quantitative estimate of drug-likeness (QED) is 0.871. The number of carbonyl (C=O) groups excluding carboxylic acids is 1. The van der Waals surface area contributed by atoms with Crippen molar-refractivity contribution < 1.29 is 9.21 Å². The summed E-state index contributed by atoms with van der Waals surface area (Å²) in [6.07, 6.45) is 0.669. The first kappa shape index (κ1) is 13.1. The van der Waals surface area contributed by atoms with Gasteiger partial charge in [-0.05, 0) is 18.1 Å². The van der Waals surface area contributed by atoms with Gasteiger partial charge in [-0.25, -0.2) is 0 Å². The number of nitrogens with zero attached hydrogens (tertiary/aromatic N) is 1. The zero-order chi connectivity index (χ0) is 13.1. The molecule has 1 amide bonds. The van der Waals surface area contributed by atoms with E-state index in [0.29, 0.717) is 24.9 Å². The minimum atomic E-state index is 0.237. The first-order chi connectivity index (χ1) is 8.54. The third-order valence-electron chi connectivity index (χ3n) is 3.16. The largest absolute Gasteiger partial charge is 0.463 e. The van der Waals surface area contributed by atoms with E-state index < -0.39 is 0 Å². The molecule has 0 radical (unpaired) electrons. The summed E-state index contributed by atoms with van der Waals surface area (Å²) in [4.78, 5) is 13.6. The lowest BCUT2D eigenvalue weighted by atomic mass is 10.2. The van der Waals surface area contributed by atoms with Gasteiger partial charge in [-0.3, -0.25) is 4.79 Å². The van der Waals surface area contributed by atoms with E-state index in [2.05, 4.69) is 26.1 Å². The first-order valence-corrected chi connectivity index (χ1v) is 6.63. The van der Waals surface area contributed by atoms with Crippen molar-refractivity contribution in [3.05, 3.63) is 23.7 Å². The minimum Gasteiger partial charge on any atom is -0.463 e. The lowest BCUT2D eigenvalue weighted by Crippen LogP contribution is -2.24. The topological polar surface area (TPSA) is 45.5 Å². The van der Waals surface area contributed by atoms with Crippen LogP contribution in [0.15, 0.2) is 16.5 Å². The molecule has 1 N–H and O–H groups in total. The maximum atomic E-state index is 11.7. The van der Waals surface area contributed by atoms with E-state index in [4.69, 9.17) is 4.42 Å². The van der Waals surface area contributed by atoms with Crippen LogP contribution in [-0.4, -0.2) is 23.4 Å². The Hall–Kier alpha value is -1.29. The molecule has 1 saturated heterocycles. The van der Waals surface area contributed by atoms with E-state index in [-0.39, 0.29) is 5.91 Å². The van der Waals surface area contributed by atoms with Crippen molar-refractivity contribution in [2.45, 2.75) is 46.3 Å². The summed E-state index contributed by atoms with van der Waals surface area (Å²) < 4.78 is 5.72. The number of rotatable bonds is 5. The monoisotopic (exact) mass is 250 g/mol. The maximum absolute atomic E-state index is 11.7. The fourth-order valence-corrected chi connectivity index (χ4v) is 2.22. The summed E-state index contributed by atoms with van der Waals surface area (Å²) in [6, 6.07) is 4.39. The van der Waals surface area contributed by atoms with Crippen LogP contribution in [0.5, 0.6) is 0 Å². The van der Waals surface area contributed by atoms with Crippen molar-refractivity contribution in [1.29, 1.82) is 0 Å². The molecule has 18 heavy (non-hydrogen) atoms. The Morgan fingerprint density at radius 3 is 2.78 bits per heavy atom. The van der Waals surface area contributed by atoms with Crippen molar-refractivity contribution in [1.82, 2.24) is 10.2 Å². The summed E-state index contributed by atoms with van der Waals surface area (Å²) in [5.74, 6) is 2.51. The molecule has 0 spiro atoms. The van der Waals surface area contributed by atoms with Crippen LogP contribution in [0.25, 0.3) is 0 Å². The van der Waals surface area contributed by atoms with Gasteiger partial charge >= 0.3 is 0 Å². The van der Waals surface area contributed by atoms with Gasteiger partial charge in [0, 0.05) is 19.0 Å². The van der Waals surface area contributed by atoms with Crippen molar-refractivity contribution in [2.75, 3.05) is 6.54 Å². The second-order valence-corrected chi connectivity index (χ2v) is 5.49. The minimum absolute atomic E-state index is 0.237. The Labute approximate surface area is 108 Å². The lowest BCUT2D eigenvalue weighted by Gasteiger charge is -2.14. The highest BCUT2D eigenvalue weighted by molar-refractivity contribution is 5.78. The fraction of sp³-hybridized carbons (Fsp3) is 0.643.